The molecule has 1 aliphatic heterocycles. The number of ether oxygens (including phenoxy) is 2. The van der Waals surface area contributed by atoms with E-state index >= 15 is 0 Å². The summed E-state index contributed by atoms with van der Waals surface area (Å²) in [5.74, 6) is 0.637. The number of hydrogen-bond donors (Lipinski definition) is 1. The van der Waals surface area contributed by atoms with Crippen LogP contribution in [0.15, 0.2) is 48.5 Å². The molecular weight excluding hydrogens is 356 g/mol. The lowest BCUT2D eigenvalue weighted by molar-refractivity contribution is -0.116. The first-order chi connectivity index (χ1) is 13.6. The predicted octanol–water partition coefficient (Wildman–Crippen LogP) is 3.13. The first kappa shape index (κ1) is 19.9. The quantitative estimate of drug-likeness (QED) is 0.834. The molecule has 1 saturated heterocycles. The number of carbonyl (C=O) groups excluding carboxylic acids is 2. The second-order valence-corrected chi connectivity index (χ2v) is 6.87. The van der Waals surface area contributed by atoms with Crippen molar-refractivity contribution in [3.8, 4) is 5.75 Å². The number of anilines is 1. The van der Waals surface area contributed by atoms with Crippen LogP contribution in [0.2, 0.25) is 0 Å². The molecule has 6 heteroatoms. The Morgan fingerprint density at radius 2 is 2.04 bits per heavy atom. The molecule has 3 rings (SSSR count). The average Bonchev–Trinajstić information content (AvgIpc) is 2.72. The van der Waals surface area contributed by atoms with E-state index in [-0.39, 0.29) is 17.9 Å². The van der Waals surface area contributed by atoms with Crippen molar-refractivity contribution >= 4 is 17.5 Å². The summed E-state index contributed by atoms with van der Waals surface area (Å²) in [6.07, 6.45) is 0.954. The number of benzene rings is 2. The van der Waals surface area contributed by atoms with Gasteiger partial charge in [0.2, 0.25) is 5.91 Å². The lowest BCUT2D eigenvalue weighted by Gasteiger charge is -2.31. The first-order valence-electron chi connectivity index (χ1n) is 9.49. The van der Waals surface area contributed by atoms with Crippen LogP contribution in [0.25, 0.3) is 0 Å². The second-order valence-electron chi connectivity index (χ2n) is 6.87. The smallest absolute Gasteiger partial charge is 0.254 e. The Balaban J connectivity index is 1.59. The molecule has 1 fully saturated rings. The fourth-order valence-electron chi connectivity index (χ4n) is 3.30. The minimum Gasteiger partial charge on any atom is -0.496 e. The molecule has 1 N–H and O–H groups in total. The van der Waals surface area contributed by atoms with Gasteiger partial charge in [0.05, 0.1) is 19.8 Å². The van der Waals surface area contributed by atoms with E-state index < -0.39 is 0 Å². The van der Waals surface area contributed by atoms with Crippen LogP contribution in [0.4, 0.5) is 5.69 Å². The van der Waals surface area contributed by atoms with Crippen LogP contribution in [0.5, 0.6) is 5.75 Å². The van der Waals surface area contributed by atoms with Gasteiger partial charge in [-0.05, 0) is 43.2 Å². The van der Waals surface area contributed by atoms with Gasteiger partial charge < -0.3 is 19.7 Å². The van der Waals surface area contributed by atoms with Gasteiger partial charge in [-0.15, -0.1) is 0 Å². The molecule has 1 heterocycles. The zero-order valence-electron chi connectivity index (χ0n) is 16.3. The fourth-order valence-corrected chi connectivity index (χ4v) is 3.30. The molecule has 6 nitrogen and oxygen atoms in total. The average molecular weight is 382 g/mol. The Hall–Kier alpha value is -2.86. The van der Waals surface area contributed by atoms with Crippen LogP contribution in [0, 0.1) is 0 Å². The van der Waals surface area contributed by atoms with Crippen molar-refractivity contribution in [3.63, 3.8) is 0 Å². The Morgan fingerprint density at radius 3 is 2.82 bits per heavy atom. The third-order valence-corrected chi connectivity index (χ3v) is 4.74. The highest BCUT2D eigenvalue weighted by atomic mass is 16.5. The molecule has 1 aliphatic rings. The largest absolute Gasteiger partial charge is 0.496 e. The third kappa shape index (κ3) is 5.10. The highest BCUT2D eigenvalue weighted by Crippen LogP contribution is 2.20. The summed E-state index contributed by atoms with van der Waals surface area (Å²) in [6, 6.07) is 14.7. The van der Waals surface area contributed by atoms with Gasteiger partial charge in [-0.3, -0.25) is 9.59 Å². The van der Waals surface area contributed by atoms with Crippen molar-refractivity contribution in [2.45, 2.75) is 25.9 Å². The van der Waals surface area contributed by atoms with E-state index in [0.717, 1.165) is 11.3 Å². The topological polar surface area (TPSA) is 67.9 Å². The Bertz CT molecular complexity index is 837. The number of hydrogen-bond acceptors (Lipinski definition) is 4. The first-order valence-corrected chi connectivity index (χ1v) is 9.49. The number of para-hydroxylation sites is 1. The third-order valence-electron chi connectivity index (χ3n) is 4.74. The molecule has 0 bridgehead atoms. The molecule has 0 radical (unpaired) electrons. The van der Waals surface area contributed by atoms with Crippen molar-refractivity contribution in [3.05, 3.63) is 59.7 Å². The van der Waals surface area contributed by atoms with E-state index in [1.807, 2.05) is 31.2 Å². The highest BCUT2D eigenvalue weighted by Gasteiger charge is 2.22. The van der Waals surface area contributed by atoms with Crippen LogP contribution in [0.1, 0.15) is 29.3 Å². The van der Waals surface area contributed by atoms with Crippen LogP contribution in [-0.4, -0.2) is 49.6 Å². The SMILES string of the molecule is COc1ccccc1CCC(=O)Nc1cccc(C(=O)N2CCOC(C)C2)c1. The van der Waals surface area contributed by atoms with Gasteiger partial charge in [-0.1, -0.05) is 24.3 Å². The molecule has 1 unspecified atom stereocenters. The fraction of sp³-hybridized carbons (Fsp3) is 0.364. The van der Waals surface area contributed by atoms with E-state index in [1.165, 1.54) is 0 Å². The number of nitrogens with zero attached hydrogens (tertiary/aromatic N) is 1. The predicted molar refractivity (Wildman–Crippen MR) is 108 cm³/mol. The van der Waals surface area contributed by atoms with E-state index in [2.05, 4.69) is 5.32 Å². The summed E-state index contributed by atoms with van der Waals surface area (Å²) in [5, 5.41) is 2.88. The Kier molecular flexibility index (Phi) is 6.66. The standard InChI is InChI=1S/C22H26N2O4/c1-16-15-24(12-13-28-16)22(26)18-7-5-8-19(14-18)23-21(25)11-10-17-6-3-4-9-20(17)27-2/h3-9,14,16H,10-13,15H2,1-2H3,(H,23,25). The van der Waals surface area contributed by atoms with Crippen molar-refractivity contribution in [2.75, 3.05) is 32.1 Å². The number of methoxy groups -OCH3 is 1. The van der Waals surface area contributed by atoms with Gasteiger partial charge in [0.1, 0.15) is 5.75 Å². The normalized spacial score (nSPS) is 16.5. The van der Waals surface area contributed by atoms with Crippen molar-refractivity contribution < 1.29 is 19.1 Å². The zero-order valence-corrected chi connectivity index (χ0v) is 16.3. The van der Waals surface area contributed by atoms with Gasteiger partial charge in [-0.2, -0.15) is 0 Å². The molecule has 2 amide bonds. The van der Waals surface area contributed by atoms with Crippen LogP contribution in [-0.2, 0) is 16.0 Å². The van der Waals surface area contributed by atoms with Gasteiger partial charge in [-0.25, -0.2) is 0 Å². The second kappa shape index (κ2) is 9.37. The van der Waals surface area contributed by atoms with Gasteiger partial charge in [0.15, 0.2) is 0 Å². The van der Waals surface area contributed by atoms with Gasteiger partial charge in [0, 0.05) is 30.8 Å². The summed E-state index contributed by atoms with van der Waals surface area (Å²) in [5.41, 5.74) is 2.18. The lowest BCUT2D eigenvalue weighted by atomic mass is 10.1. The zero-order chi connectivity index (χ0) is 19.9. The van der Waals surface area contributed by atoms with E-state index in [0.29, 0.717) is 43.8 Å². The molecule has 2 aromatic carbocycles. The van der Waals surface area contributed by atoms with Gasteiger partial charge in [0.25, 0.3) is 5.91 Å². The van der Waals surface area contributed by atoms with E-state index in [9.17, 15) is 9.59 Å². The minimum absolute atomic E-state index is 0.0376. The van der Waals surface area contributed by atoms with Crippen LogP contribution in [0.3, 0.4) is 0 Å². The maximum Gasteiger partial charge on any atom is 0.254 e. The molecule has 2 aromatic rings. The monoisotopic (exact) mass is 382 g/mol. The summed E-state index contributed by atoms with van der Waals surface area (Å²) < 4.78 is 10.8. The summed E-state index contributed by atoms with van der Waals surface area (Å²) in [6.45, 7) is 3.66. The lowest BCUT2D eigenvalue weighted by Crippen LogP contribution is -2.44. The number of rotatable bonds is 6. The highest BCUT2D eigenvalue weighted by molar-refractivity contribution is 5.97. The number of nitrogens with one attached hydrogen (secondary N) is 1. The van der Waals surface area contributed by atoms with E-state index in [4.69, 9.17) is 9.47 Å². The van der Waals surface area contributed by atoms with Crippen molar-refractivity contribution in [1.82, 2.24) is 4.90 Å². The summed E-state index contributed by atoms with van der Waals surface area (Å²) in [7, 11) is 1.62. The van der Waals surface area contributed by atoms with Gasteiger partial charge >= 0.3 is 0 Å². The molecular formula is C22H26N2O4. The van der Waals surface area contributed by atoms with Crippen LogP contribution < -0.4 is 10.1 Å². The molecule has 0 aromatic heterocycles. The van der Waals surface area contributed by atoms with Crippen LogP contribution >= 0.6 is 0 Å². The molecule has 1 atom stereocenters. The molecule has 0 spiro atoms. The molecule has 148 valence electrons. The number of carbonyl (C=O) groups is 2. The van der Waals surface area contributed by atoms with Crippen molar-refractivity contribution in [1.29, 1.82) is 0 Å². The number of amides is 2. The minimum atomic E-state index is -0.101. The van der Waals surface area contributed by atoms with E-state index in [1.54, 1.807) is 36.3 Å². The molecule has 0 saturated carbocycles. The molecule has 28 heavy (non-hydrogen) atoms. The maximum absolute atomic E-state index is 12.7. The summed E-state index contributed by atoms with van der Waals surface area (Å²) in [4.78, 5) is 26.8. The Morgan fingerprint density at radius 1 is 1.21 bits per heavy atom. The summed E-state index contributed by atoms with van der Waals surface area (Å²) >= 11 is 0. The Labute approximate surface area is 165 Å². The number of aryl methyl sites for hydroxylation is 1. The molecule has 0 aliphatic carbocycles. The van der Waals surface area contributed by atoms with Crippen molar-refractivity contribution in [2.24, 2.45) is 0 Å². The maximum atomic E-state index is 12.7. The number of morpholine rings is 1.